The highest BCUT2D eigenvalue weighted by Crippen LogP contribution is 2.31. The number of piperazine rings is 1. The smallest absolute Gasteiger partial charge is 0.324 e. The molecule has 0 amide bonds. The van der Waals surface area contributed by atoms with E-state index in [2.05, 4.69) is 15.2 Å². The van der Waals surface area contributed by atoms with Gasteiger partial charge in [0.05, 0.1) is 16.1 Å². The molecule has 2 aromatic carbocycles. The number of halogens is 2. The summed E-state index contributed by atoms with van der Waals surface area (Å²) in [5, 5.41) is 13.7. The van der Waals surface area contributed by atoms with Crippen molar-refractivity contribution in [2.24, 2.45) is 0 Å². The van der Waals surface area contributed by atoms with Gasteiger partial charge in [-0.3, -0.25) is 13.7 Å². The predicted molar refractivity (Wildman–Crippen MR) is 143 cm³/mol. The van der Waals surface area contributed by atoms with Gasteiger partial charge in [-0.15, -0.1) is 0 Å². The maximum absolute atomic E-state index is 13.4. The number of benzene rings is 2. The first kappa shape index (κ1) is 25.3. The predicted octanol–water partition coefficient (Wildman–Crippen LogP) is 3.42. The third-order valence-corrected chi connectivity index (χ3v) is 8.14. The maximum Gasteiger partial charge on any atom is 0.324 e. The number of nitrogens with one attached hydrogen (secondary N) is 1. The van der Waals surface area contributed by atoms with Crippen molar-refractivity contribution in [3.63, 3.8) is 0 Å². The van der Waals surface area contributed by atoms with Gasteiger partial charge in [0, 0.05) is 54.0 Å². The molecule has 0 bridgehead atoms. The van der Waals surface area contributed by atoms with Crippen molar-refractivity contribution in [2.75, 3.05) is 41.9 Å². The monoisotopic (exact) mass is 560 g/mol. The van der Waals surface area contributed by atoms with E-state index in [4.69, 9.17) is 28.2 Å². The second kappa shape index (κ2) is 10.2. The summed E-state index contributed by atoms with van der Waals surface area (Å²) in [7, 11) is -4.28. The summed E-state index contributed by atoms with van der Waals surface area (Å²) in [6, 6.07) is 12.4. The molecule has 1 fully saturated rings. The van der Waals surface area contributed by atoms with Gasteiger partial charge in [0.25, 0.3) is 10.0 Å². The highest BCUT2D eigenvalue weighted by Gasteiger charge is 2.28. The fraction of sp³-hybridized carbons (Fsp3) is 0.208. The van der Waals surface area contributed by atoms with Crippen LogP contribution in [0.4, 0.5) is 11.5 Å². The van der Waals surface area contributed by atoms with Crippen LogP contribution in [0.15, 0.2) is 65.8 Å². The first-order valence-corrected chi connectivity index (χ1v) is 13.5. The van der Waals surface area contributed by atoms with E-state index in [1.807, 2.05) is 6.07 Å². The highest BCUT2D eigenvalue weighted by molar-refractivity contribution is 7.92. The minimum Gasteiger partial charge on any atom is -0.480 e. The Morgan fingerprint density at radius 1 is 1.05 bits per heavy atom. The fourth-order valence-corrected chi connectivity index (χ4v) is 6.36. The maximum atomic E-state index is 13.4. The molecule has 13 heteroatoms. The number of aromatic nitrogens is 3. The molecule has 1 aliphatic rings. The molecule has 192 valence electrons. The third kappa shape index (κ3) is 5.21. The molecule has 0 radical (unpaired) electrons. The van der Waals surface area contributed by atoms with Gasteiger partial charge in [-0.25, -0.2) is 13.4 Å². The summed E-state index contributed by atoms with van der Waals surface area (Å²) < 4.78 is 29.5. The molecule has 5 rings (SSSR count). The number of hydrogen-bond donors (Lipinski definition) is 2. The van der Waals surface area contributed by atoms with E-state index in [1.165, 1.54) is 18.2 Å². The van der Waals surface area contributed by atoms with Crippen LogP contribution in [-0.2, 0) is 14.8 Å². The SMILES string of the molecule is O=C(O)CN(c1ccc2c(ccn2-c2nccc(N3CCNCC3)n2)c1)S(=O)(=O)c1cc(Cl)cc(Cl)c1. The van der Waals surface area contributed by atoms with Gasteiger partial charge < -0.3 is 15.3 Å². The van der Waals surface area contributed by atoms with E-state index in [9.17, 15) is 18.3 Å². The quantitative estimate of drug-likeness (QED) is 0.352. The van der Waals surface area contributed by atoms with E-state index < -0.39 is 22.5 Å². The van der Waals surface area contributed by atoms with Crippen LogP contribution in [0, 0.1) is 0 Å². The average molecular weight is 561 g/mol. The Bertz CT molecular complexity index is 1570. The van der Waals surface area contributed by atoms with Crippen LogP contribution in [0.1, 0.15) is 0 Å². The average Bonchev–Trinajstić information content (AvgIpc) is 3.30. The molecule has 2 aromatic heterocycles. The fourth-order valence-electron chi connectivity index (χ4n) is 4.23. The molecule has 0 saturated carbocycles. The van der Waals surface area contributed by atoms with E-state index in [-0.39, 0.29) is 20.6 Å². The van der Waals surface area contributed by atoms with Crippen molar-refractivity contribution in [3.8, 4) is 5.95 Å². The number of carbonyl (C=O) groups is 1. The standard InChI is InChI=1S/C24H22Cl2N6O4S/c25-17-12-18(26)14-20(13-17)37(35,36)32(15-23(33)34)19-1-2-21-16(11-19)4-8-31(21)24-28-5-3-22(29-24)30-9-6-27-7-10-30/h1-5,8,11-14,27H,6-7,9-10,15H2,(H,33,34). The Kier molecular flexibility index (Phi) is 6.95. The number of aliphatic carboxylic acids is 1. The van der Waals surface area contributed by atoms with Crippen LogP contribution in [-0.4, -0.2) is 66.8 Å². The van der Waals surface area contributed by atoms with Crippen molar-refractivity contribution in [1.82, 2.24) is 19.9 Å². The van der Waals surface area contributed by atoms with Gasteiger partial charge >= 0.3 is 5.97 Å². The van der Waals surface area contributed by atoms with Crippen LogP contribution >= 0.6 is 23.2 Å². The molecule has 0 atom stereocenters. The van der Waals surface area contributed by atoms with Crippen LogP contribution < -0.4 is 14.5 Å². The van der Waals surface area contributed by atoms with Gasteiger partial charge in [0.2, 0.25) is 5.95 Å². The number of carboxylic acid groups (broad SMARTS) is 1. The van der Waals surface area contributed by atoms with Gasteiger partial charge in [0.1, 0.15) is 12.4 Å². The third-order valence-electron chi connectivity index (χ3n) is 5.95. The van der Waals surface area contributed by atoms with Crippen molar-refractivity contribution in [1.29, 1.82) is 0 Å². The molecule has 2 N–H and O–H groups in total. The Hall–Kier alpha value is -3.38. The lowest BCUT2D eigenvalue weighted by Gasteiger charge is -2.28. The Morgan fingerprint density at radius 2 is 1.78 bits per heavy atom. The summed E-state index contributed by atoms with van der Waals surface area (Å²) in [4.78, 5) is 22.7. The molecule has 0 unspecified atom stereocenters. The first-order chi connectivity index (χ1) is 17.7. The molecule has 10 nitrogen and oxygen atoms in total. The number of carboxylic acids is 1. The topological polar surface area (TPSA) is 121 Å². The van der Waals surface area contributed by atoms with Crippen LogP contribution in [0.3, 0.4) is 0 Å². The summed E-state index contributed by atoms with van der Waals surface area (Å²) in [5.74, 6) is -0.0151. The normalized spacial score (nSPS) is 14.2. The zero-order chi connectivity index (χ0) is 26.2. The van der Waals surface area contributed by atoms with E-state index in [0.717, 1.165) is 41.8 Å². The lowest BCUT2D eigenvalue weighted by Crippen LogP contribution is -2.44. The number of anilines is 2. The molecule has 1 saturated heterocycles. The van der Waals surface area contributed by atoms with Crippen molar-refractivity contribution in [2.45, 2.75) is 4.90 Å². The van der Waals surface area contributed by atoms with Crippen molar-refractivity contribution >= 4 is 61.6 Å². The number of rotatable bonds is 7. The second-order valence-electron chi connectivity index (χ2n) is 8.39. The van der Waals surface area contributed by atoms with E-state index >= 15 is 0 Å². The molecule has 1 aliphatic heterocycles. The lowest BCUT2D eigenvalue weighted by atomic mass is 10.2. The summed E-state index contributed by atoms with van der Waals surface area (Å²) in [6.07, 6.45) is 3.50. The lowest BCUT2D eigenvalue weighted by molar-refractivity contribution is -0.135. The largest absolute Gasteiger partial charge is 0.480 e. The van der Waals surface area contributed by atoms with Crippen molar-refractivity contribution in [3.05, 3.63) is 71.0 Å². The minimum atomic E-state index is -4.28. The highest BCUT2D eigenvalue weighted by atomic mass is 35.5. The second-order valence-corrected chi connectivity index (χ2v) is 11.1. The summed E-state index contributed by atoms with van der Waals surface area (Å²) in [5.41, 5.74) is 0.916. The number of sulfonamides is 1. The zero-order valence-electron chi connectivity index (χ0n) is 19.4. The van der Waals surface area contributed by atoms with Gasteiger partial charge in [-0.05, 0) is 48.5 Å². The van der Waals surface area contributed by atoms with Crippen LogP contribution in [0.2, 0.25) is 10.0 Å². The van der Waals surface area contributed by atoms with Crippen molar-refractivity contribution < 1.29 is 18.3 Å². The molecule has 4 aromatic rings. The molecule has 0 spiro atoms. The number of nitrogens with zero attached hydrogens (tertiary/aromatic N) is 5. The van der Waals surface area contributed by atoms with Crippen LogP contribution in [0.25, 0.3) is 16.9 Å². The van der Waals surface area contributed by atoms with E-state index in [0.29, 0.717) is 11.3 Å². The summed E-state index contributed by atoms with van der Waals surface area (Å²) >= 11 is 12.0. The molecule has 0 aliphatic carbocycles. The molecule has 37 heavy (non-hydrogen) atoms. The Balaban J connectivity index is 1.53. The first-order valence-electron chi connectivity index (χ1n) is 11.3. The molecular formula is C24H22Cl2N6O4S. The minimum absolute atomic E-state index is 0.122. The van der Waals surface area contributed by atoms with Gasteiger partial charge in [0.15, 0.2) is 0 Å². The number of hydrogen-bond acceptors (Lipinski definition) is 7. The Morgan fingerprint density at radius 3 is 2.49 bits per heavy atom. The zero-order valence-corrected chi connectivity index (χ0v) is 21.7. The number of fused-ring (bicyclic) bond motifs is 1. The van der Waals surface area contributed by atoms with Gasteiger partial charge in [-0.1, -0.05) is 23.2 Å². The summed E-state index contributed by atoms with van der Waals surface area (Å²) in [6.45, 7) is 2.67. The van der Waals surface area contributed by atoms with Gasteiger partial charge in [-0.2, -0.15) is 4.98 Å². The Labute approximate surface area is 223 Å². The molecular weight excluding hydrogens is 539 g/mol. The molecule has 3 heterocycles. The van der Waals surface area contributed by atoms with E-state index in [1.54, 1.807) is 41.2 Å². The van der Waals surface area contributed by atoms with Crippen LogP contribution in [0.5, 0.6) is 0 Å².